The highest BCUT2D eigenvalue weighted by Gasteiger charge is 2.29. The maximum absolute atomic E-state index is 13.2. The molecular formula is C22H21BrFN3O4. The standard InChI is InChI=1S/C22H21BrFN3O4/c1-12-19(20(27-31-12)13-6-8-15(23)9-7-13)21(28)14-10-17(25-11-14)22(29)26-16-4-2-3-5-18(16)30-24/h6-11,16,18,25H,2-5H2,1H3,(H,26,29)/t16-,18-/m0/s1. The van der Waals surface area contributed by atoms with Gasteiger partial charge in [0.2, 0.25) is 0 Å². The van der Waals surface area contributed by atoms with Gasteiger partial charge in [0.1, 0.15) is 23.3 Å². The van der Waals surface area contributed by atoms with Crippen LogP contribution in [0, 0.1) is 6.92 Å². The van der Waals surface area contributed by atoms with Gasteiger partial charge in [0.25, 0.3) is 5.91 Å². The molecule has 0 radical (unpaired) electrons. The Hall–Kier alpha value is -2.78. The number of nitrogens with one attached hydrogen (secondary N) is 2. The number of carbonyl (C=O) groups is 2. The second-order valence-electron chi connectivity index (χ2n) is 7.59. The zero-order valence-corrected chi connectivity index (χ0v) is 18.4. The van der Waals surface area contributed by atoms with Crippen LogP contribution >= 0.6 is 15.9 Å². The Morgan fingerprint density at radius 3 is 2.74 bits per heavy atom. The number of hydrogen-bond acceptors (Lipinski definition) is 5. The van der Waals surface area contributed by atoms with E-state index in [1.807, 2.05) is 24.3 Å². The van der Waals surface area contributed by atoms with E-state index in [4.69, 9.17) is 4.52 Å². The third-order valence-electron chi connectivity index (χ3n) is 5.53. The van der Waals surface area contributed by atoms with E-state index in [-0.39, 0.29) is 11.5 Å². The molecule has 1 amide bonds. The van der Waals surface area contributed by atoms with Gasteiger partial charge in [-0.25, -0.2) is 0 Å². The van der Waals surface area contributed by atoms with Crippen molar-refractivity contribution in [1.82, 2.24) is 15.5 Å². The number of benzene rings is 1. The van der Waals surface area contributed by atoms with Crippen molar-refractivity contribution in [1.29, 1.82) is 0 Å². The highest BCUT2D eigenvalue weighted by atomic mass is 79.9. The molecule has 0 saturated heterocycles. The van der Waals surface area contributed by atoms with Crippen LogP contribution in [0.1, 0.15) is 57.9 Å². The molecule has 1 aliphatic carbocycles. The normalized spacial score (nSPS) is 18.7. The molecule has 0 unspecified atom stereocenters. The second-order valence-corrected chi connectivity index (χ2v) is 8.51. The Morgan fingerprint density at radius 2 is 2.00 bits per heavy atom. The maximum atomic E-state index is 13.2. The summed E-state index contributed by atoms with van der Waals surface area (Å²) in [5.74, 6) is -0.335. The molecule has 0 bridgehead atoms. The molecule has 9 heteroatoms. The topological polar surface area (TPSA) is 97.2 Å². The minimum atomic E-state index is -0.651. The number of ketones is 1. The average Bonchev–Trinajstić information content (AvgIpc) is 3.42. The fourth-order valence-electron chi connectivity index (χ4n) is 3.86. The molecule has 2 atom stereocenters. The summed E-state index contributed by atoms with van der Waals surface area (Å²) < 4.78 is 19.0. The van der Waals surface area contributed by atoms with E-state index in [1.165, 1.54) is 12.3 Å². The Morgan fingerprint density at radius 1 is 1.26 bits per heavy atom. The zero-order valence-electron chi connectivity index (χ0n) is 16.8. The van der Waals surface area contributed by atoms with Crippen molar-refractivity contribution in [2.45, 2.75) is 44.8 Å². The molecule has 162 valence electrons. The predicted molar refractivity (Wildman–Crippen MR) is 114 cm³/mol. The monoisotopic (exact) mass is 489 g/mol. The van der Waals surface area contributed by atoms with Crippen LogP contribution in [0.5, 0.6) is 0 Å². The Labute approximate surface area is 186 Å². The number of H-pyrrole nitrogens is 1. The number of aromatic amines is 1. The molecule has 0 aliphatic heterocycles. The molecule has 1 fully saturated rings. The lowest BCUT2D eigenvalue weighted by atomic mass is 9.92. The van der Waals surface area contributed by atoms with Crippen LogP contribution in [0.25, 0.3) is 11.3 Å². The van der Waals surface area contributed by atoms with E-state index in [9.17, 15) is 14.1 Å². The molecule has 2 N–H and O–H groups in total. The summed E-state index contributed by atoms with van der Waals surface area (Å²) in [6, 6.07) is 8.45. The van der Waals surface area contributed by atoms with E-state index < -0.39 is 18.1 Å². The van der Waals surface area contributed by atoms with Gasteiger partial charge in [-0.15, -0.1) is 0 Å². The molecule has 7 nitrogen and oxygen atoms in total. The van der Waals surface area contributed by atoms with Gasteiger partial charge in [0, 0.05) is 21.8 Å². The molecule has 1 aromatic carbocycles. The van der Waals surface area contributed by atoms with Crippen molar-refractivity contribution in [2.24, 2.45) is 0 Å². The second kappa shape index (κ2) is 9.15. The lowest BCUT2D eigenvalue weighted by Crippen LogP contribution is -2.45. The largest absolute Gasteiger partial charge is 0.360 e. The average molecular weight is 490 g/mol. The first-order valence-electron chi connectivity index (χ1n) is 10.0. The van der Waals surface area contributed by atoms with Crippen molar-refractivity contribution in [2.75, 3.05) is 0 Å². The fraction of sp³-hybridized carbons (Fsp3) is 0.318. The van der Waals surface area contributed by atoms with Crippen LogP contribution in [0.15, 0.2) is 45.5 Å². The fourth-order valence-corrected chi connectivity index (χ4v) is 4.12. The number of hydrogen-bond donors (Lipinski definition) is 2. The minimum absolute atomic E-state index is 0.214. The summed E-state index contributed by atoms with van der Waals surface area (Å²) in [6.45, 7) is 1.67. The van der Waals surface area contributed by atoms with E-state index in [1.54, 1.807) is 6.92 Å². The highest BCUT2D eigenvalue weighted by molar-refractivity contribution is 9.10. The van der Waals surface area contributed by atoms with E-state index >= 15 is 0 Å². The predicted octanol–water partition coefficient (Wildman–Crippen LogP) is 4.91. The number of rotatable bonds is 6. The number of aromatic nitrogens is 2. The molecule has 2 heterocycles. The number of amides is 1. The van der Waals surface area contributed by atoms with Gasteiger partial charge in [-0.05, 0) is 42.5 Å². The molecule has 3 aromatic rings. The smallest absolute Gasteiger partial charge is 0.268 e. The van der Waals surface area contributed by atoms with Gasteiger partial charge >= 0.3 is 0 Å². The third-order valence-corrected chi connectivity index (χ3v) is 6.06. The van der Waals surface area contributed by atoms with Crippen molar-refractivity contribution in [3.8, 4) is 11.3 Å². The summed E-state index contributed by atoms with van der Waals surface area (Å²) >= 11 is 3.39. The molecule has 2 aromatic heterocycles. The lowest BCUT2D eigenvalue weighted by molar-refractivity contribution is -0.194. The third kappa shape index (κ3) is 4.47. The van der Waals surface area contributed by atoms with Gasteiger partial charge in [0.05, 0.1) is 11.6 Å². The van der Waals surface area contributed by atoms with Crippen LogP contribution in [0.2, 0.25) is 0 Å². The van der Waals surface area contributed by atoms with E-state index in [2.05, 4.69) is 36.3 Å². The van der Waals surface area contributed by atoms with E-state index in [0.717, 1.165) is 22.9 Å². The number of aryl methyl sites for hydroxylation is 1. The van der Waals surface area contributed by atoms with Gasteiger partial charge < -0.3 is 14.8 Å². The highest BCUT2D eigenvalue weighted by Crippen LogP contribution is 2.29. The number of halogens is 2. The lowest BCUT2D eigenvalue weighted by Gasteiger charge is -2.28. The minimum Gasteiger partial charge on any atom is -0.360 e. The molecule has 1 aliphatic rings. The SMILES string of the molecule is Cc1onc(-c2ccc(Br)cc2)c1C(=O)c1c[nH]c(C(=O)N[C@H]2CCCC[C@@H]2OF)c1. The van der Waals surface area contributed by atoms with Crippen LogP contribution < -0.4 is 5.32 Å². The number of nitrogens with zero attached hydrogens (tertiary/aromatic N) is 1. The summed E-state index contributed by atoms with van der Waals surface area (Å²) in [7, 11) is 0. The van der Waals surface area contributed by atoms with Crippen LogP contribution in [0.4, 0.5) is 4.53 Å². The van der Waals surface area contributed by atoms with Gasteiger partial charge in [0.15, 0.2) is 5.78 Å². The molecule has 1 saturated carbocycles. The summed E-state index contributed by atoms with van der Waals surface area (Å²) in [5, 5.41) is 6.84. The van der Waals surface area contributed by atoms with Gasteiger partial charge in [-0.1, -0.05) is 46.1 Å². The molecular weight excluding hydrogens is 469 g/mol. The molecule has 4 rings (SSSR count). The summed E-state index contributed by atoms with van der Waals surface area (Å²) in [5.41, 5.74) is 2.04. The first kappa shape index (κ1) is 21.5. The Kier molecular flexibility index (Phi) is 6.33. The van der Waals surface area contributed by atoms with Crippen molar-refractivity contribution in [3.63, 3.8) is 0 Å². The van der Waals surface area contributed by atoms with Crippen molar-refractivity contribution >= 4 is 27.6 Å². The van der Waals surface area contributed by atoms with Crippen LogP contribution in [-0.2, 0) is 4.94 Å². The summed E-state index contributed by atoms with van der Waals surface area (Å²) in [6.07, 6.45) is 3.78. The van der Waals surface area contributed by atoms with Gasteiger partial charge in [-0.3, -0.25) is 9.59 Å². The van der Waals surface area contributed by atoms with Crippen molar-refractivity contribution < 1.29 is 23.6 Å². The Balaban J connectivity index is 1.54. The van der Waals surface area contributed by atoms with E-state index in [0.29, 0.717) is 35.4 Å². The molecule has 0 spiro atoms. The first-order valence-corrected chi connectivity index (χ1v) is 10.8. The molecule has 31 heavy (non-hydrogen) atoms. The quantitative estimate of drug-likeness (QED) is 0.479. The summed E-state index contributed by atoms with van der Waals surface area (Å²) in [4.78, 5) is 32.6. The van der Waals surface area contributed by atoms with Crippen LogP contribution in [-0.4, -0.2) is 34.0 Å². The Bertz CT molecular complexity index is 1090. The first-order chi connectivity index (χ1) is 15.0. The van der Waals surface area contributed by atoms with Gasteiger partial charge in [-0.2, -0.15) is 4.94 Å². The maximum Gasteiger partial charge on any atom is 0.268 e. The van der Waals surface area contributed by atoms with Crippen LogP contribution in [0.3, 0.4) is 0 Å². The number of carbonyl (C=O) groups excluding carboxylic acids is 2. The zero-order chi connectivity index (χ0) is 22.0. The van der Waals surface area contributed by atoms with Crippen molar-refractivity contribution in [3.05, 3.63) is 63.6 Å².